The van der Waals surface area contributed by atoms with E-state index < -0.39 is 0 Å². The highest BCUT2D eigenvalue weighted by Crippen LogP contribution is 2.23. The van der Waals surface area contributed by atoms with Gasteiger partial charge < -0.3 is 15.2 Å². The molecule has 0 saturated heterocycles. The van der Waals surface area contributed by atoms with Gasteiger partial charge in [-0.3, -0.25) is 4.98 Å². The minimum absolute atomic E-state index is 0.282. The Morgan fingerprint density at radius 3 is 2.76 bits per heavy atom. The molecule has 1 aromatic carbocycles. The number of pyridine rings is 1. The van der Waals surface area contributed by atoms with Gasteiger partial charge in [-0.25, -0.2) is 4.79 Å². The number of amides is 2. The van der Waals surface area contributed by atoms with Gasteiger partial charge in [-0.05, 0) is 42.8 Å². The molecule has 2 N–H and O–H groups in total. The van der Waals surface area contributed by atoms with Crippen LogP contribution >= 0.6 is 0 Å². The molecule has 2 amide bonds. The molecule has 3 rings (SSSR count). The van der Waals surface area contributed by atoms with E-state index in [1.54, 1.807) is 24.5 Å². The Balaban J connectivity index is 1.78. The lowest BCUT2D eigenvalue weighted by atomic mass is 10.2. The Labute approximate surface area is 122 Å². The van der Waals surface area contributed by atoms with Crippen LogP contribution in [0.25, 0.3) is 10.9 Å². The number of hydrogen-bond donors (Lipinski definition) is 2. The Morgan fingerprint density at radius 2 is 2.00 bits per heavy atom. The number of anilines is 2. The predicted molar refractivity (Wildman–Crippen MR) is 84.5 cm³/mol. The molecule has 0 aliphatic carbocycles. The fourth-order valence-electron chi connectivity index (χ4n) is 2.40. The Hall–Kier alpha value is -2.82. The van der Waals surface area contributed by atoms with E-state index in [2.05, 4.69) is 33.3 Å². The first-order valence-electron chi connectivity index (χ1n) is 6.67. The molecule has 5 nitrogen and oxygen atoms in total. The number of benzene rings is 1. The predicted octanol–water partition coefficient (Wildman–Crippen LogP) is 3.53. The smallest absolute Gasteiger partial charge is 0.323 e. The summed E-state index contributed by atoms with van der Waals surface area (Å²) in [6.45, 7) is 2.06. The highest BCUT2D eigenvalue weighted by atomic mass is 16.2. The van der Waals surface area contributed by atoms with Crippen LogP contribution < -0.4 is 10.6 Å². The van der Waals surface area contributed by atoms with Crippen LogP contribution in [0.5, 0.6) is 0 Å². The van der Waals surface area contributed by atoms with Gasteiger partial charge in [0.2, 0.25) is 0 Å². The molecule has 0 fully saturated rings. The van der Waals surface area contributed by atoms with Gasteiger partial charge in [0.15, 0.2) is 0 Å². The molecule has 0 bridgehead atoms. The summed E-state index contributed by atoms with van der Waals surface area (Å²) in [6, 6.07) is 9.16. The summed E-state index contributed by atoms with van der Waals surface area (Å²) in [4.78, 5) is 15.9. The topological polar surface area (TPSA) is 59.0 Å². The fraction of sp³-hybridized carbons (Fsp3) is 0.125. The largest absolute Gasteiger partial charge is 0.350 e. The standard InChI is InChI=1S/C16H16N4O/c1-11-10-20(2)15-6-5-12(8-14(11)15)18-16(21)19-13-4-3-7-17-9-13/h3-10H,1-2H3,(H2,18,19,21). The summed E-state index contributed by atoms with van der Waals surface area (Å²) in [5, 5.41) is 6.71. The lowest BCUT2D eigenvalue weighted by Gasteiger charge is -2.08. The molecule has 0 aliphatic heterocycles. The van der Waals surface area contributed by atoms with Crippen molar-refractivity contribution in [3.63, 3.8) is 0 Å². The van der Waals surface area contributed by atoms with E-state index in [4.69, 9.17) is 0 Å². The lowest BCUT2D eigenvalue weighted by Crippen LogP contribution is -2.19. The van der Waals surface area contributed by atoms with E-state index in [1.165, 1.54) is 5.56 Å². The summed E-state index contributed by atoms with van der Waals surface area (Å²) in [5.41, 5.74) is 3.75. The molecule has 0 atom stereocenters. The molecule has 21 heavy (non-hydrogen) atoms. The van der Waals surface area contributed by atoms with Crippen molar-refractivity contribution in [2.45, 2.75) is 6.92 Å². The fourth-order valence-corrected chi connectivity index (χ4v) is 2.40. The van der Waals surface area contributed by atoms with Crippen molar-refractivity contribution in [1.82, 2.24) is 9.55 Å². The van der Waals surface area contributed by atoms with Gasteiger partial charge in [-0.2, -0.15) is 0 Å². The SMILES string of the molecule is Cc1cn(C)c2ccc(NC(=O)Nc3cccnc3)cc12. The Bertz CT molecular complexity index is 793. The van der Waals surface area contributed by atoms with E-state index in [0.717, 1.165) is 16.6 Å². The van der Waals surface area contributed by atoms with Gasteiger partial charge >= 0.3 is 6.03 Å². The number of rotatable bonds is 2. The monoisotopic (exact) mass is 280 g/mol. The molecule has 0 spiro atoms. The number of nitrogens with one attached hydrogen (secondary N) is 2. The van der Waals surface area contributed by atoms with E-state index in [1.807, 2.05) is 25.2 Å². The van der Waals surface area contributed by atoms with E-state index in [9.17, 15) is 4.79 Å². The van der Waals surface area contributed by atoms with Crippen molar-refractivity contribution >= 4 is 28.3 Å². The zero-order valence-corrected chi connectivity index (χ0v) is 11.9. The van der Waals surface area contributed by atoms with E-state index >= 15 is 0 Å². The first-order valence-corrected chi connectivity index (χ1v) is 6.67. The van der Waals surface area contributed by atoms with Crippen molar-refractivity contribution in [2.24, 2.45) is 7.05 Å². The van der Waals surface area contributed by atoms with Crippen molar-refractivity contribution in [3.8, 4) is 0 Å². The minimum Gasteiger partial charge on any atom is -0.350 e. The minimum atomic E-state index is -0.282. The van der Waals surface area contributed by atoms with Crippen molar-refractivity contribution in [2.75, 3.05) is 10.6 Å². The summed E-state index contributed by atoms with van der Waals surface area (Å²) in [7, 11) is 2.01. The molecule has 0 saturated carbocycles. The van der Waals surface area contributed by atoms with Crippen LogP contribution in [0.15, 0.2) is 48.9 Å². The molecule has 5 heteroatoms. The lowest BCUT2D eigenvalue weighted by molar-refractivity contribution is 0.262. The zero-order chi connectivity index (χ0) is 14.8. The van der Waals surface area contributed by atoms with Gasteiger partial charge in [0, 0.05) is 36.0 Å². The number of aromatic nitrogens is 2. The quantitative estimate of drug-likeness (QED) is 0.754. The van der Waals surface area contributed by atoms with Gasteiger partial charge in [0.05, 0.1) is 11.9 Å². The van der Waals surface area contributed by atoms with Crippen LogP contribution in [0.3, 0.4) is 0 Å². The summed E-state index contributed by atoms with van der Waals surface area (Å²) < 4.78 is 2.07. The average Bonchev–Trinajstić information content (AvgIpc) is 2.74. The average molecular weight is 280 g/mol. The number of carbonyl (C=O) groups is 1. The molecule has 0 radical (unpaired) electrons. The number of fused-ring (bicyclic) bond motifs is 1. The summed E-state index contributed by atoms with van der Waals surface area (Å²) in [5.74, 6) is 0. The van der Waals surface area contributed by atoms with Crippen LogP contribution in [-0.4, -0.2) is 15.6 Å². The van der Waals surface area contributed by atoms with Gasteiger partial charge in [0.25, 0.3) is 0 Å². The van der Waals surface area contributed by atoms with Crippen molar-refractivity contribution in [1.29, 1.82) is 0 Å². The maximum absolute atomic E-state index is 12.0. The molecule has 2 aromatic heterocycles. The van der Waals surface area contributed by atoms with E-state index in [0.29, 0.717) is 5.69 Å². The number of hydrogen-bond acceptors (Lipinski definition) is 2. The molecule has 0 aliphatic rings. The molecular formula is C16H16N4O. The molecule has 106 valence electrons. The van der Waals surface area contributed by atoms with Gasteiger partial charge in [-0.15, -0.1) is 0 Å². The number of urea groups is 1. The molecule has 3 aromatic rings. The van der Waals surface area contributed by atoms with Gasteiger partial charge in [-0.1, -0.05) is 0 Å². The van der Waals surface area contributed by atoms with Crippen LogP contribution in [0, 0.1) is 6.92 Å². The van der Waals surface area contributed by atoms with Gasteiger partial charge in [0.1, 0.15) is 0 Å². The second-order valence-electron chi connectivity index (χ2n) is 4.98. The van der Waals surface area contributed by atoms with Crippen molar-refractivity contribution in [3.05, 3.63) is 54.5 Å². The third-order valence-electron chi connectivity index (χ3n) is 3.37. The molecule has 2 heterocycles. The number of carbonyl (C=O) groups excluding carboxylic acids is 1. The summed E-state index contributed by atoms with van der Waals surface area (Å²) in [6.07, 6.45) is 5.34. The van der Waals surface area contributed by atoms with Crippen LogP contribution in [0.2, 0.25) is 0 Å². The number of nitrogens with zero attached hydrogens (tertiary/aromatic N) is 2. The first kappa shape index (κ1) is 13.2. The maximum Gasteiger partial charge on any atom is 0.323 e. The van der Waals surface area contributed by atoms with Crippen molar-refractivity contribution < 1.29 is 4.79 Å². The van der Waals surface area contributed by atoms with Crippen LogP contribution in [0.1, 0.15) is 5.56 Å². The maximum atomic E-state index is 12.0. The molecule has 0 unspecified atom stereocenters. The first-order chi connectivity index (χ1) is 10.1. The third-order valence-corrected chi connectivity index (χ3v) is 3.37. The second kappa shape index (κ2) is 5.28. The summed E-state index contributed by atoms with van der Waals surface area (Å²) >= 11 is 0. The highest BCUT2D eigenvalue weighted by Gasteiger charge is 2.06. The second-order valence-corrected chi connectivity index (χ2v) is 4.98. The van der Waals surface area contributed by atoms with Crippen LogP contribution in [-0.2, 0) is 7.05 Å². The third kappa shape index (κ3) is 2.72. The van der Waals surface area contributed by atoms with E-state index in [-0.39, 0.29) is 6.03 Å². The number of aryl methyl sites for hydroxylation is 2. The Morgan fingerprint density at radius 1 is 1.19 bits per heavy atom. The highest BCUT2D eigenvalue weighted by molar-refractivity contribution is 6.01. The zero-order valence-electron chi connectivity index (χ0n) is 11.9. The Kier molecular flexibility index (Phi) is 3.31. The normalized spacial score (nSPS) is 10.6. The van der Waals surface area contributed by atoms with Crippen LogP contribution in [0.4, 0.5) is 16.2 Å². The molecular weight excluding hydrogens is 264 g/mol.